The number of aliphatic imine (C=N–C) groups is 2. The molecule has 2 aliphatic heterocycles. The number of methoxy groups -OCH3 is 1. The van der Waals surface area contributed by atoms with Crippen molar-refractivity contribution in [2.75, 3.05) is 14.2 Å². The number of aromatic nitrogens is 2. The van der Waals surface area contributed by atoms with Crippen molar-refractivity contribution in [3.05, 3.63) is 36.2 Å². The number of H-pyrrole nitrogens is 1. The molecule has 3 heterocycles. The van der Waals surface area contributed by atoms with Crippen LogP contribution in [0.25, 0.3) is 10.9 Å². The second-order valence-corrected chi connectivity index (χ2v) is 9.95. The van der Waals surface area contributed by atoms with Crippen molar-refractivity contribution in [1.82, 2.24) is 15.0 Å². The molecule has 1 N–H and O–H groups in total. The maximum absolute atomic E-state index is 13.1. The predicted octanol–water partition coefficient (Wildman–Crippen LogP) is 2.62. The molecule has 10 nitrogen and oxygen atoms in total. The summed E-state index contributed by atoms with van der Waals surface area (Å²) in [6.45, 7) is 0. The minimum Gasteiger partial charge on any atom is -0.496 e. The molecule has 0 spiro atoms. The third kappa shape index (κ3) is 4.10. The average molecular weight is 489 g/mol. The lowest BCUT2D eigenvalue weighted by Gasteiger charge is -2.32. The molecule has 0 radical (unpaired) electrons. The summed E-state index contributed by atoms with van der Waals surface area (Å²) in [6.07, 6.45) is 14.5. The zero-order valence-electron chi connectivity index (χ0n) is 20.5. The van der Waals surface area contributed by atoms with E-state index in [1.54, 1.807) is 36.8 Å². The number of hydrogen-bond acceptors (Lipinski definition) is 6. The molecule has 1 aromatic carbocycles. The van der Waals surface area contributed by atoms with Crippen LogP contribution in [0.2, 0.25) is 0 Å². The number of fused-ring (bicyclic) bond motifs is 2. The number of ether oxygens (including phenoxy) is 1. The number of amides is 2. The quantitative estimate of drug-likeness (QED) is 0.653. The van der Waals surface area contributed by atoms with Gasteiger partial charge in [0, 0.05) is 50.3 Å². The number of hydrogen-bond donors (Lipinski definition) is 1. The van der Waals surface area contributed by atoms with Crippen LogP contribution in [0.15, 0.2) is 45.7 Å². The van der Waals surface area contributed by atoms with Gasteiger partial charge in [-0.3, -0.25) is 14.6 Å². The number of allylic oxidation sites excluding steroid dienone is 1. The van der Waals surface area contributed by atoms with Crippen LogP contribution < -0.4 is 9.42 Å². The van der Waals surface area contributed by atoms with Crippen LogP contribution >= 0.6 is 0 Å². The number of carbonyl (C=O) groups is 2. The fraction of sp³-hybridized carbons (Fsp3) is 0.462. The molecule has 2 aliphatic carbocycles. The second kappa shape index (κ2) is 9.00. The Hall–Kier alpha value is -3.82. The van der Waals surface area contributed by atoms with E-state index in [9.17, 15) is 9.59 Å². The predicted molar refractivity (Wildman–Crippen MR) is 135 cm³/mol. The van der Waals surface area contributed by atoms with Gasteiger partial charge < -0.3 is 9.64 Å². The van der Waals surface area contributed by atoms with Crippen LogP contribution in [0.4, 0.5) is 0 Å². The monoisotopic (exact) mass is 488 g/mol. The highest BCUT2D eigenvalue weighted by molar-refractivity contribution is 6.37. The maximum atomic E-state index is 13.1. The Bertz CT molecular complexity index is 1330. The van der Waals surface area contributed by atoms with E-state index in [4.69, 9.17) is 4.74 Å². The van der Waals surface area contributed by atoms with E-state index in [2.05, 4.69) is 31.1 Å². The fourth-order valence-electron chi connectivity index (χ4n) is 5.35. The standard InChI is InChI=1S/C26H29N7O3/c1-31(26(35)16-4-5-16)18-6-8-19(9-7-18)33-15-17-12-20(23(36-2)13-21(17)30-33)25(34)29-22-14-28-32-11-3-10-27-24(22)32/h3,10-16,18-19,24H,4-9H2,1-2H3/p+1. The molecular formula is C26H30N7O3+. The molecule has 2 amide bonds. The molecule has 6 rings (SSSR count). The van der Waals surface area contributed by atoms with Crippen molar-refractivity contribution in [2.45, 2.75) is 56.8 Å². The van der Waals surface area contributed by atoms with Gasteiger partial charge >= 0.3 is 0 Å². The first-order valence-electron chi connectivity index (χ1n) is 12.6. The van der Waals surface area contributed by atoms with Crippen molar-refractivity contribution in [3.63, 3.8) is 0 Å². The molecule has 1 unspecified atom stereocenters. The van der Waals surface area contributed by atoms with Gasteiger partial charge in [0.2, 0.25) is 12.1 Å². The number of hydrazone groups is 1. The number of aromatic amines is 1. The van der Waals surface area contributed by atoms with Gasteiger partial charge in [0.05, 0.1) is 24.3 Å². The van der Waals surface area contributed by atoms with E-state index in [1.807, 2.05) is 24.1 Å². The van der Waals surface area contributed by atoms with Gasteiger partial charge in [-0.25, -0.2) is 10.0 Å². The summed E-state index contributed by atoms with van der Waals surface area (Å²) in [7, 11) is 3.51. The van der Waals surface area contributed by atoms with Crippen LogP contribution in [0.1, 0.15) is 54.9 Å². The Kier molecular flexibility index (Phi) is 5.66. The topological polar surface area (TPSA) is 107 Å². The normalized spacial score (nSPS) is 26.0. The Labute approximate surface area is 209 Å². The lowest BCUT2D eigenvalue weighted by Crippen LogP contribution is -2.46. The molecule has 0 bridgehead atoms. The van der Waals surface area contributed by atoms with Gasteiger partial charge in [0.15, 0.2) is 12.2 Å². The molecule has 2 fully saturated rings. The van der Waals surface area contributed by atoms with Gasteiger partial charge in [-0.1, -0.05) is 0 Å². The second-order valence-electron chi connectivity index (χ2n) is 9.95. The average Bonchev–Trinajstić information content (AvgIpc) is 3.56. The van der Waals surface area contributed by atoms with E-state index in [0.717, 1.165) is 49.4 Å². The van der Waals surface area contributed by atoms with Gasteiger partial charge in [-0.05, 0) is 37.8 Å². The smallest absolute Gasteiger partial charge is 0.281 e. The number of nitrogens with one attached hydrogen (secondary N) is 1. The van der Waals surface area contributed by atoms with Crippen molar-refractivity contribution >= 4 is 40.9 Å². The summed E-state index contributed by atoms with van der Waals surface area (Å²) in [5.74, 6) is 0.653. The highest BCUT2D eigenvalue weighted by atomic mass is 16.5. The third-order valence-electron chi connectivity index (χ3n) is 7.63. The molecule has 36 heavy (non-hydrogen) atoms. The van der Waals surface area contributed by atoms with E-state index >= 15 is 0 Å². The minimum atomic E-state index is -0.406. The summed E-state index contributed by atoms with van der Waals surface area (Å²) in [5, 5.41) is 10.3. The lowest BCUT2D eigenvalue weighted by molar-refractivity contribution is -0.774. The van der Waals surface area contributed by atoms with Crippen molar-refractivity contribution in [3.8, 4) is 5.75 Å². The van der Waals surface area contributed by atoms with E-state index in [0.29, 0.717) is 35.0 Å². The number of nitrogens with zero attached hydrogens (tertiary/aromatic N) is 6. The Morgan fingerprint density at radius 3 is 2.75 bits per heavy atom. The first kappa shape index (κ1) is 22.6. The van der Waals surface area contributed by atoms with Crippen molar-refractivity contribution in [1.29, 1.82) is 0 Å². The molecule has 10 heteroatoms. The Balaban J connectivity index is 1.19. The van der Waals surface area contributed by atoms with Crippen LogP contribution in [-0.4, -0.2) is 71.3 Å². The summed E-state index contributed by atoms with van der Waals surface area (Å²) in [6, 6.07) is 4.32. The van der Waals surface area contributed by atoms with Crippen LogP contribution in [-0.2, 0) is 4.79 Å². The van der Waals surface area contributed by atoms with E-state index in [-0.39, 0.29) is 5.92 Å². The third-order valence-corrected chi connectivity index (χ3v) is 7.63. The number of benzene rings is 1. The van der Waals surface area contributed by atoms with E-state index < -0.39 is 12.1 Å². The summed E-state index contributed by atoms with van der Waals surface area (Å²) in [4.78, 5) is 36.2. The number of carbonyl (C=O) groups excluding carboxylic acids is 2. The molecule has 2 saturated carbocycles. The molecule has 2 aromatic rings. The summed E-state index contributed by atoms with van der Waals surface area (Å²) in [5.41, 5.74) is 1.79. The first-order chi connectivity index (χ1) is 17.5. The lowest BCUT2D eigenvalue weighted by atomic mass is 9.90. The summed E-state index contributed by atoms with van der Waals surface area (Å²) < 4.78 is 7.68. The molecule has 1 atom stereocenters. The molecule has 4 aliphatic rings. The largest absolute Gasteiger partial charge is 0.496 e. The van der Waals surface area contributed by atoms with Crippen LogP contribution in [0.3, 0.4) is 0 Å². The Morgan fingerprint density at radius 1 is 1.19 bits per heavy atom. The SMILES string of the molecule is COc1cc2[nH][n+](C3CCC(N(C)C(=O)C4CC4)CC3)cc2cc1C(=O)N=C1C=NN2C=CC=NC12. The molecular weight excluding hydrogens is 458 g/mol. The van der Waals surface area contributed by atoms with Gasteiger partial charge in [-0.15, -0.1) is 4.68 Å². The highest BCUT2D eigenvalue weighted by Crippen LogP contribution is 2.34. The zero-order valence-corrected chi connectivity index (χ0v) is 20.5. The molecule has 0 saturated heterocycles. The summed E-state index contributed by atoms with van der Waals surface area (Å²) >= 11 is 0. The Morgan fingerprint density at radius 2 is 2.00 bits per heavy atom. The van der Waals surface area contributed by atoms with Gasteiger partial charge in [0.25, 0.3) is 5.91 Å². The van der Waals surface area contributed by atoms with E-state index in [1.165, 1.54) is 0 Å². The fourth-order valence-corrected chi connectivity index (χ4v) is 5.35. The highest BCUT2D eigenvalue weighted by Gasteiger charge is 2.37. The zero-order chi connectivity index (χ0) is 24.8. The van der Waals surface area contributed by atoms with Crippen molar-refractivity contribution in [2.24, 2.45) is 21.0 Å². The maximum Gasteiger partial charge on any atom is 0.281 e. The van der Waals surface area contributed by atoms with Gasteiger partial charge in [0.1, 0.15) is 17.0 Å². The minimum absolute atomic E-state index is 0.264. The van der Waals surface area contributed by atoms with Crippen molar-refractivity contribution < 1.29 is 19.0 Å². The van der Waals surface area contributed by atoms with Crippen LogP contribution in [0.5, 0.6) is 5.75 Å². The van der Waals surface area contributed by atoms with Gasteiger partial charge in [-0.2, -0.15) is 10.2 Å². The first-order valence-corrected chi connectivity index (χ1v) is 12.6. The molecule has 1 aromatic heterocycles. The number of rotatable bonds is 5. The van der Waals surface area contributed by atoms with Crippen LogP contribution in [0, 0.1) is 5.92 Å². The molecule has 186 valence electrons.